The number of halogens is 2. The molecule has 1 rings (SSSR count). The number of nitrogens with one attached hydrogen (secondary N) is 1. The van der Waals surface area contributed by atoms with Crippen molar-refractivity contribution < 1.29 is 0 Å². The Morgan fingerprint density at radius 1 is 1.18 bits per heavy atom. The maximum Gasteiger partial charge on any atom is 0.0595 e. The summed E-state index contributed by atoms with van der Waals surface area (Å²) in [6.45, 7) is 6.66. The molecule has 0 aliphatic carbocycles. The van der Waals surface area contributed by atoms with Crippen LogP contribution in [0.1, 0.15) is 32.3 Å². The van der Waals surface area contributed by atoms with Gasteiger partial charge >= 0.3 is 0 Å². The molecule has 1 atom stereocenters. The van der Waals surface area contributed by atoms with E-state index in [1.807, 2.05) is 12.1 Å². The molecule has 0 fully saturated rings. The molecule has 0 aliphatic heterocycles. The molecule has 0 amide bonds. The molecule has 0 radical (unpaired) electrons. The lowest BCUT2D eigenvalue weighted by atomic mass is 9.98. The molecule has 0 aliphatic rings. The lowest BCUT2D eigenvalue weighted by Gasteiger charge is -2.12. The first-order valence-electron chi connectivity index (χ1n) is 6.28. The molecule has 0 saturated heterocycles. The van der Waals surface area contributed by atoms with Crippen LogP contribution in [-0.2, 0) is 6.42 Å². The van der Waals surface area contributed by atoms with E-state index >= 15 is 0 Å². The lowest BCUT2D eigenvalue weighted by molar-refractivity contribution is 0.498. The summed E-state index contributed by atoms with van der Waals surface area (Å²) in [5, 5.41) is 4.71. The van der Waals surface area contributed by atoms with Crippen LogP contribution in [0.4, 0.5) is 0 Å². The summed E-state index contributed by atoms with van der Waals surface area (Å²) in [7, 11) is 0. The highest BCUT2D eigenvalue weighted by Gasteiger charge is 2.05. The summed E-state index contributed by atoms with van der Waals surface area (Å²) in [5.74, 6) is 0.664. The first kappa shape index (κ1) is 14.8. The summed E-state index contributed by atoms with van der Waals surface area (Å²) in [6, 6.07) is 5.91. The Kier molecular flexibility index (Phi) is 6.94. The molecule has 1 aromatic rings. The quantitative estimate of drug-likeness (QED) is 0.718. The van der Waals surface area contributed by atoms with Gasteiger partial charge in [-0.05, 0) is 56.0 Å². The Balaban J connectivity index is 2.34. The summed E-state index contributed by atoms with van der Waals surface area (Å²) < 4.78 is 0. The smallest absolute Gasteiger partial charge is 0.0595 e. The average molecular weight is 274 g/mol. The SMILES string of the molecule is CCCNCCC(C)Cc1ccc(Cl)c(Cl)c1. The molecule has 1 N–H and O–H groups in total. The molecule has 0 bridgehead atoms. The van der Waals surface area contributed by atoms with Gasteiger partial charge in [-0.3, -0.25) is 0 Å². The van der Waals surface area contributed by atoms with Gasteiger partial charge < -0.3 is 5.32 Å². The molecular formula is C14H21Cl2N. The Bertz CT molecular complexity index is 339. The van der Waals surface area contributed by atoms with Gasteiger partial charge in [0.2, 0.25) is 0 Å². The Morgan fingerprint density at radius 2 is 1.94 bits per heavy atom. The van der Waals surface area contributed by atoms with Gasteiger partial charge in [-0.15, -0.1) is 0 Å². The van der Waals surface area contributed by atoms with Gasteiger partial charge in [0.05, 0.1) is 10.0 Å². The normalized spacial score (nSPS) is 12.7. The number of hydrogen-bond donors (Lipinski definition) is 1. The summed E-state index contributed by atoms with van der Waals surface area (Å²) in [5.41, 5.74) is 1.27. The fourth-order valence-electron chi connectivity index (χ4n) is 1.82. The van der Waals surface area contributed by atoms with Crippen LogP contribution in [0.5, 0.6) is 0 Å². The minimum absolute atomic E-state index is 0.632. The summed E-state index contributed by atoms with van der Waals surface area (Å²) in [6.07, 6.45) is 3.45. The van der Waals surface area contributed by atoms with Crippen molar-refractivity contribution >= 4 is 23.2 Å². The zero-order chi connectivity index (χ0) is 12.7. The fraction of sp³-hybridized carbons (Fsp3) is 0.571. The van der Waals surface area contributed by atoms with E-state index in [-0.39, 0.29) is 0 Å². The van der Waals surface area contributed by atoms with Crippen LogP contribution in [0.3, 0.4) is 0 Å². The predicted molar refractivity (Wildman–Crippen MR) is 77.1 cm³/mol. The first-order valence-corrected chi connectivity index (χ1v) is 7.03. The molecule has 96 valence electrons. The van der Waals surface area contributed by atoms with Crippen molar-refractivity contribution in [3.63, 3.8) is 0 Å². The van der Waals surface area contributed by atoms with Crippen LogP contribution in [0.25, 0.3) is 0 Å². The highest BCUT2D eigenvalue weighted by Crippen LogP contribution is 2.24. The molecule has 3 heteroatoms. The zero-order valence-electron chi connectivity index (χ0n) is 10.6. The van der Waals surface area contributed by atoms with E-state index in [1.54, 1.807) is 0 Å². The van der Waals surface area contributed by atoms with Crippen molar-refractivity contribution in [1.82, 2.24) is 5.32 Å². The lowest BCUT2D eigenvalue weighted by Crippen LogP contribution is -2.18. The zero-order valence-corrected chi connectivity index (χ0v) is 12.1. The van der Waals surface area contributed by atoms with Crippen LogP contribution < -0.4 is 5.32 Å². The molecule has 0 aromatic heterocycles. The number of hydrogen-bond acceptors (Lipinski definition) is 1. The number of rotatable bonds is 7. The van der Waals surface area contributed by atoms with E-state index in [9.17, 15) is 0 Å². The Hall–Kier alpha value is -0.240. The van der Waals surface area contributed by atoms with Crippen molar-refractivity contribution in [2.24, 2.45) is 5.92 Å². The fourth-order valence-corrected chi connectivity index (χ4v) is 2.14. The van der Waals surface area contributed by atoms with E-state index in [0.717, 1.165) is 19.5 Å². The minimum atomic E-state index is 0.632. The van der Waals surface area contributed by atoms with E-state index in [4.69, 9.17) is 23.2 Å². The molecule has 1 nitrogen and oxygen atoms in total. The van der Waals surface area contributed by atoms with E-state index < -0.39 is 0 Å². The third-order valence-corrected chi connectivity index (χ3v) is 3.55. The second-order valence-corrected chi connectivity index (χ2v) is 5.41. The van der Waals surface area contributed by atoms with Gasteiger partial charge in [0, 0.05) is 0 Å². The monoisotopic (exact) mass is 273 g/mol. The van der Waals surface area contributed by atoms with E-state index in [0.29, 0.717) is 16.0 Å². The first-order chi connectivity index (χ1) is 8.13. The summed E-state index contributed by atoms with van der Waals surface area (Å²) in [4.78, 5) is 0. The second kappa shape index (κ2) is 7.97. The highest BCUT2D eigenvalue weighted by molar-refractivity contribution is 6.42. The predicted octanol–water partition coefficient (Wildman–Crippen LogP) is 4.56. The third kappa shape index (κ3) is 5.76. The van der Waals surface area contributed by atoms with Crippen LogP contribution in [0, 0.1) is 5.92 Å². The van der Waals surface area contributed by atoms with Crippen LogP contribution >= 0.6 is 23.2 Å². The molecule has 1 aromatic carbocycles. The molecule has 1 unspecified atom stereocenters. The van der Waals surface area contributed by atoms with Crippen molar-refractivity contribution in [2.75, 3.05) is 13.1 Å². The maximum atomic E-state index is 6.00. The van der Waals surface area contributed by atoms with Gasteiger partial charge in [0.1, 0.15) is 0 Å². The Labute approximate surface area is 115 Å². The van der Waals surface area contributed by atoms with Gasteiger partial charge in [0.25, 0.3) is 0 Å². The standard InChI is InChI=1S/C14H21Cl2N/c1-3-7-17-8-6-11(2)9-12-4-5-13(15)14(16)10-12/h4-5,10-11,17H,3,6-9H2,1-2H3. The van der Waals surface area contributed by atoms with Gasteiger partial charge in [-0.1, -0.05) is 43.1 Å². The van der Waals surface area contributed by atoms with Crippen LogP contribution in [0.15, 0.2) is 18.2 Å². The molecule has 0 heterocycles. The molecule has 17 heavy (non-hydrogen) atoms. The van der Waals surface area contributed by atoms with Crippen LogP contribution in [-0.4, -0.2) is 13.1 Å². The van der Waals surface area contributed by atoms with Crippen molar-refractivity contribution in [3.05, 3.63) is 33.8 Å². The highest BCUT2D eigenvalue weighted by atomic mass is 35.5. The second-order valence-electron chi connectivity index (χ2n) is 4.60. The van der Waals surface area contributed by atoms with Crippen LogP contribution in [0.2, 0.25) is 10.0 Å². The van der Waals surface area contributed by atoms with Crippen molar-refractivity contribution in [3.8, 4) is 0 Å². The summed E-state index contributed by atoms with van der Waals surface area (Å²) >= 11 is 11.9. The van der Waals surface area contributed by atoms with Crippen molar-refractivity contribution in [1.29, 1.82) is 0 Å². The largest absolute Gasteiger partial charge is 0.317 e. The Morgan fingerprint density at radius 3 is 2.59 bits per heavy atom. The molecular weight excluding hydrogens is 253 g/mol. The van der Waals surface area contributed by atoms with E-state index in [1.165, 1.54) is 18.4 Å². The van der Waals surface area contributed by atoms with Gasteiger partial charge in [-0.25, -0.2) is 0 Å². The number of benzene rings is 1. The average Bonchev–Trinajstić information content (AvgIpc) is 2.30. The van der Waals surface area contributed by atoms with Crippen molar-refractivity contribution in [2.45, 2.75) is 33.1 Å². The molecule has 0 saturated carbocycles. The third-order valence-electron chi connectivity index (χ3n) is 2.81. The van der Waals surface area contributed by atoms with Gasteiger partial charge in [0.15, 0.2) is 0 Å². The van der Waals surface area contributed by atoms with Gasteiger partial charge in [-0.2, -0.15) is 0 Å². The van der Waals surface area contributed by atoms with E-state index in [2.05, 4.69) is 25.2 Å². The topological polar surface area (TPSA) is 12.0 Å². The minimum Gasteiger partial charge on any atom is -0.317 e. The molecule has 0 spiro atoms. The maximum absolute atomic E-state index is 6.00.